The number of allylic oxidation sites excluding steroid dienone is 1. The van der Waals surface area contributed by atoms with Gasteiger partial charge in [0.15, 0.2) is 5.78 Å². The maximum atomic E-state index is 13.3. The highest BCUT2D eigenvalue weighted by Crippen LogP contribution is 2.34. The summed E-state index contributed by atoms with van der Waals surface area (Å²) in [5.41, 5.74) is 1.22. The van der Waals surface area contributed by atoms with Crippen molar-refractivity contribution in [3.8, 4) is 0 Å². The molecule has 0 radical (unpaired) electrons. The Hall–Kier alpha value is -3.32. The van der Waals surface area contributed by atoms with Crippen LogP contribution in [0.5, 0.6) is 0 Å². The van der Waals surface area contributed by atoms with E-state index in [1.165, 1.54) is 10.4 Å². The molecule has 0 aliphatic carbocycles. The molecular weight excluding hydrogens is 458 g/mol. The number of ketones is 1. The fourth-order valence-electron chi connectivity index (χ4n) is 4.21. The van der Waals surface area contributed by atoms with Crippen LogP contribution in [0.3, 0.4) is 0 Å². The molecule has 1 heterocycles. The second kappa shape index (κ2) is 10.5. The topological polar surface area (TPSA) is 74.7 Å². The van der Waals surface area contributed by atoms with E-state index in [1.54, 1.807) is 42.5 Å². The Morgan fingerprint density at radius 2 is 1.49 bits per heavy atom. The lowest BCUT2D eigenvalue weighted by Gasteiger charge is -2.41. The first-order valence-corrected chi connectivity index (χ1v) is 13.0. The van der Waals surface area contributed by atoms with Gasteiger partial charge in [0.1, 0.15) is 0 Å². The third-order valence-corrected chi connectivity index (χ3v) is 8.24. The number of benzene rings is 3. The molecule has 180 valence electrons. The van der Waals surface area contributed by atoms with Crippen LogP contribution < -0.4 is 0 Å². The molecule has 1 aliphatic heterocycles. The zero-order chi connectivity index (χ0) is 24.9. The monoisotopic (exact) mass is 487 g/mol. The van der Waals surface area contributed by atoms with E-state index in [0.29, 0.717) is 0 Å². The normalized spacial score (nSPS) is 21.5. The van der Waals surface area contributed by atoms with Crippen LogP contribution in [-0.4, -0.2) is 42.3 Å². The van der Waals surface area contributed by atoms with E-state index in [1.807, 2.05) is 67.6 Å². The van der Waals surface area contributed by atoms with Gasteiger partial charge in [-0.15, -0.1) is 0 Å². The fourth-order valence-corrected chi connectivity index (χ4v) is 5.66. The molecule has 2 atom stereocenters. The number of piperidine rings is 1. The molecule has 35 heavy (non-hydrogen) atoms. The van der Waals surface area contributed by atoms with Crippen molar-refractivity contribution in [2.75, 3.05) is 13.1 Å². The lowest BCUT2D eigenvalue weighted by Crippen LogP contribution is -2.54. The molecule has 3 aromatic rings. The van der Waals surface area contributed by atoms with Crippen molar-refractivity contribution in [1.29, 1.82) is 0 Å². The highest BCUT2D eigenvalue weighted by Gasteiger charge is 2.46. The Morgan fingerprint density at radius 3 is 2.09 bits per heavy atom. The molecule has 1 aliphatic rings. The molecule has 1 N–H and O–H groups in total. The van der Waals surface area contributed by atoms with E-state index < -0.39 is 21.5 Å². The summed E-state index contributed by atoms with van der Waals surface area (Å²) in [6.45, 7) is 1.89. The predicted molar refractivity (Wildman–Crippen MR) is 139 cm³/mol. The zero-order valence-electron chi connectivity index (χ0n) is 19.6. The SMILES string of the molecule is Cc1ccc(S(=O)(=O)N2CC[C@@](O)(/C=C/c3ccccc3)[C@H](C(=O)/C=C/c3ccccc3)C2)cc1. The number of carbonyl (C=O) groups is 1. The van der Waals surface area contributed by atoms with E-state index in [9.17, 15) is 18.3 Å². The minimum absolute atomic E-state index is 0.107. The Kier molecular flexibility index (Phi) is 7.45. The van der Waals surface area contributed by atoms with Crippen LogP contribution >= 0.6 is 0 Å². The molecule has 0 spiro atoms. The smallest absolute Gasteiger partial charge is 0.243 e. The molecule has 4 rings (SSSR count). The first-order chi connectivity index (χ1) is 16.8. The van der Waals surface area contributed by atoms with E-state index in [-0.39, 0.29) is 30.2 Å². The largest absolute Gasteiger partial charge is 0.385 e. The molecule has 3 aromatic carbocycles. The molecule has 0 amide bonds. The van der Waals surface area contributed by atoms with Crippen molar-refractivity contribution in [2.45, 2.75) is 23.8 Å². The minimum atomic E-state index is -3.81. The number of carbonyl (C=O) groups excluding carboxylic acids is 1. The quantitative estimate of drug-likeness (QED) is 0.489. The molecule has 0 unspecified atom stereocenters. The van der Waals surface area contributed by atoms with E-state index >= 15 is 0 Å². The van der Waals surface area contributed by atoms with Crippen LogP contribution in [0.1, 0.15) is 23.1 Å². The van der Waals surface area contributed by atoms with Gasteiger partial charge in [0.25, 0.3) is 0 Å². The summed E-state index contributed by atoms with van der Waals surface area (Å²) in [5.74, 6) is -1.27. The van der Waals surface area contributed by atoms with Crippen molar-refractivity contribution < 1.29 is 18.3 Å². The zero-order valence-corrected chi connectivity index (χ0v) is 20.4. The Labute approximate surface area is 207 Å². The van der Waals surface area contributed by atoms with Crippen LogP contribution in [0.2, 0.25) is 0 Å². The van der Waals surface area contributed by atoms with Gasteiger partial charge in [-0.2, -0.15) is 4.31 Å². The molecule has 5 nitrogen and oxygen atoms in total. The van der Waals surface area contributed by atoms with E-state index in [0.717, 1.165) is 16.7 Å². The van der Waals surface area contributed by atoms with Crippen LogP contribution in [0, 0.1) is 12.8 Å². The summed E-state index contributed by atoms with van der Waals surface area (Å²) in [4.78, 5) is 13.5. The summed E-state index contributed by atoms with van der Waals surface area (Å²) in [7, 11) is -3.81. The average molecular weight is 488 g/mol. The lowest BCUT2D eigenvalue weighted by molar-refractivity contribution is -0.127. The van der Waals surface area contributed by atoms with Gasteiger partial charge in [-0.3, -0.25) is 4.79 Å². The first-order valence-electron chi connectivity index (χ1n) is 11.6. The molecular formula is C29H29NO4S. The van der Waals surface area contributed by atoms with Gasteiger partial charge in [0.05, 0.1) is 16.4 Å². The lowest BCUT2D eigenvalue weighted by atomic mass is 9.78. The Morgan fingerprint density at radius 1 is 0.914 bits per heavy atom. The van der Waals surface area contributed by atoms with Gasteiger partial charge in [-0.1, -0.05) is 96.6 Å². The van der Waals surface area contributed by atoms with Crippen molar-refractivity contribution in [3.63, 3.8) is 0 Å². The Bertz CT molecular complexity index is 1320. The van der Waals surface area contributed by atoms with Crippen molar-refractivity contribution in [3.05, 3.63) is 114 Å². The fraction of sp³-hybridized carbons (Fsp3) is 0.207. The number of aliphatic hydroxyl groups is 1. The second-order valence-electron chi connectivity index (χ2n) is 8.86. The van der Waals surface area contributed by atoms with Crippen LogP contribution in [0.25, 0.3) is 12.2 Å². The van der Waals surface area contributed by atoms with Crippen LogP contribution in [0.15, 0.2) is 102 Å². The minimum Gasteiger partial charge on any atom is -0.385 e. The molecule has 0 bridgehead atoms. The summed E-state index contributed by atoms with van der Waals surface area (Å²) < 4.78 is 28.0. The summed E-state index contributed by atoms with van der Waals surface area (Å²) in [6, 6.07) is 25.5. The summed E-state index contributed by atoms with van der Waals surface area (Å²) in [5, 5.41) is 11.6. The Balaban J connectivity index is 1.64. The third kappa shape index (κ3) is 5.85. The first kappa shape index (κ1) is 24.8. The number of sulfonamides is 1. The number of hydrogen-bond donors (Lipinski definition) is 1. The number of nitrogens with zero attached hydrogens (tertiary/aromatic N) is 1. The number of aryl methyl sites for hydroxylation is 1. The molecule has 6 heteroatoms. The molecule has 1 saturated heterocycles. The number of hydrogen-bond acceptors (Lipinski definition) is 4. The van der Waals surface area contributed by atoms with Gasteiger partial charge in [-0.25, -0.2) is 8.42 Å². The summed E-state index contributed by atoms with van der Waals surface area (Å²) in [6.07, 6.45) is 6.65. The summed E-state index contributed by atoms with van der Waals surface area (Å²) >= 11 is 0. The van der Waals surface area contributed by atoms with Gasteiger partial charge in [0, 0.05) is 13.1 Å². The van der Waals surface area contributed by atoms with Gasteiger partial charge < -0.3 is 5.11 Å². The van der Waals surface area contributed by atoms with Gasteiger partial charge in [-0.05, 0) is 42.7 Å². The maximum absolute atomic E-state index is 13.3. The predicted octanol–water partition coefficient (Wildman–Crippen LogP) is 4.73. The van der Waals surface area contributed by atoms with Crippen molar-refractivity contribution in [2.24, 2.45) is 5.92 Å². The van der Waals surface area contributed by atoms with E-state index in [2.05, 4.69) is 0 Å². The molecule has 0 saturated carbocycles. The maximum Gasteiger partial charge on any atom is 0.243 e. The van der Waals surface area contributed by atoms with E-state index in [4.69, 9.17) is 0 Å². The van der Waals surface area contributed by atoms with Gasteiger partial charge in [0.2, 0.25) is 10.0 Å². The second-order valence-corrected chi connectivity index (χ2v) is 10.8. The highest BCUT2D eigenvalue weighted by atomic mass is 32.2. The standard InChI is InChI=1S/C29H29NO4S/c1-23-12-15-26(16-13-23)35(33,34)30-21-20-29(32,19-18-25-10-6-3-7-11-25)27(22-30)28(31)17-14-24-8-4-2-5-9-24/h2-19,27,32H,20-22H2,1H3/b17-14+,19-18+/t27-,29-/m0/s1. The molecule has 1 fully saturated rings. The van der Waals surface area contributed by atoms with Crippen LogP contribution in [0.4, 0.5) is 0 Å². The van der Waals surface area contributed by atoms with Gasteiger partial charge >= 0.3 is 0 Å². The third-order valence-electron chi connectivity index (χ3n) is 6.36. The van der Waals surface area contributed by atoms with Crippen LogP contribution in [-0.2, 0) is 14.8 Å². The van der Waals surface area contributed by atoms with Crippen molar-refractivity contribution >= 4 is 28.0 Å². The van der Waals surface area contributed by atoms with Crippen molar-refractivity contribution in [1.82, 2.24) is 4.31 Å². The molecule has 0 aromatic heterocycles. The highest BCUT2D eigenvalue weighted by molar-refractivity contribution is 7.89. The average Bonchev–Trinajstić information content (AvgIpc) is 2.88. The number of rotatable bonds is 7.